The second kappa shape index (κ2) is 5.51. The molecule has 1 amide bonds. The van der Waals surface area contributed by atoms with Crippen LogP contribution in [-0.2, 0) is 4.79 Å². The maximum Gasteiger partial charge on any atom is 0.306 e. The van der Waals surface area contributed by atoms with Gasteiger partial charge >= 0.3 is 5.97 Å². The van der Waals surface area contributed by atoms with Gasteiger partial charge in [0.15, 0.2) is 0 Å². The largest absolute Gasteiger partial charge is 0.481 e. The lowest BCUT2D eigenvalue weighted by Crippen LogP contribution is -2.27. The summed E-state index contributed by atoms with van der Waals surface area (Å²) < 4.78 is 1.76. The highest BCUT2D eigenvalue weighted by atomic mass is 16.4. The third-order valence-corrected chi connectivity index (χ3v) is 2.88. The van der Waals surface area contributed by atoms with Crippen LogP contribution < -0.4 is 5.32 Å². The lowest BCUT2D eigenvalue weighted by molar-refractivity contribution is -0.141. The summed E-state index contributed by atoms with van der Waals surface area (Å²) in [6.45, 7) is 1.93. The summed E-state index contributed by atoms with van der Waals surface area (Å²) in [5.74, 6) is -1.62. The van der Waals surface area contributed by atoms with Gasteiger partial charge in [0.1, 0.15) is 11.3 Å². The van der Waals surface area contributed by atoms with Gasteiger partial charge in [0.25, 0.3) is 5.91 Å². The molecule has 0 fully saturated rings. The predicted molar refractivity (Wildman–Crippen MR) is 68.9 cm³/mol. The lowest BCUT2D eigenvalue weighted by atomic mass is 10.1. The highest BCUT2D eigenvalue weighted by molar-refractivity contribution is 5.92. The Morgan fingerprint density at radius 3 is 2.95 bits per heavy atom. The van der Waals surface area contributed by atoms with Crippen LogP contribution in [0.1, 0.15) is 23.8 Å². The second-order valence-corrected chi connectivity index (χ2v) is 4.38. The van der Waals surface area contributed by atoms with E-state index < -0.39 is 11.9 Å². The number of carboxylic acids is 1. The van der Waals surface area contributed by atoms with Gasteiger partial charge in [0, 0.05) is 18.9 Å². The fourth-order valence-corrected chi connectivity index (χ4v) is 1.66. The van der Waals surface area contributed by atoms with Crippen LogP contribution in [0.4, 0.5) is 0 Å². The third kappa shape index (κ3) is 3.09. The number of carbonyl (C=O) groups is 2. The number of carbonyl (C=O) groups excluding carboxylic acids is 1. The van der Waals surface area contributed by atoms with E-state index >= 15 is 0 Å². The van der Waals surface area contributed by atoms with Crippen LogP contribution >= 0.6 is 0 Å². The Bertz CT molecular complexity index is 573. The molecule has 2 N–H and O–H groups in total. The molecule has 0 aliphatic rings. The number of pyridine rings is 1. The number of amides is 1. The summed E-state index contributed by atoms with van der Waals surface area (Å²) in [5.41, 5.74) is 1.03. The van der Waals surface area contributed by atoms with Gasteiger partial charge < -0.3 is 14.8 Å². The van der Waals surface area contributed by atoms with Crippen LogP contribution in [0.15, 0.2) is 30.6 Å². The molecule has 0 aliphatic heterocycles. The summed E-state index contributed by atoms with van der Waals surface area (Å²) in [5, 5.41) is 11.4. The van der Waals surface area contributed by atoms with Crippen molar-refractivity contribution in [2.45, 2.75) is 13.3 Å². The molecule has 1 unspecified atom stereocenters. The monoisotopic (exact) mass is 261 g/mol. The van der Waals surface area contributed by atoms with Crippen LogP contribution in [0.2, 0.25) is 0 Å². The fourth-order valence-electron chi connectivity index (χ4n) is 1.66. The first-order valence-corrected chi connectivity index (χ1v) is 6.02. The van der Waals surface area contributed by atoms with E-state index in [1.54, 1.807) is 17.5 Å². The van der Waals surface area contributed by atoms with E-state index in [1.807, 2.05) is 24.4 Å². The minimum Gasteiger partial charge on any atom is -0.481 e. The number of nitrogens with one attached hydrogen (secondary N) is 1. The molecule has 0 radical (unpaired) electrons. The second-order valence-electron chi connectivity index (χ2n) is 4.38. The third-order valence-electron chi connectivity index (χ3n) is 2.88. The molecule has 2 aromatic rings. The Morgan fingerprint density at radius 2 is 2.26 bits per heavy atom. The van der Waals surface area contributed by atoms with Crippen molar-refractivity contribution >= 4 is 17.5 Å². The number of rotatable bonds is 5. The molecule has 2 aromatic heterocycles. The molecular weight excluding hydrogens is 246 g/mol. The standard InChI is InChI=1S/C13H15N3O3/c1-9(13(18)19)5-6-14-12(17)10-8-16-7-3-2-4-11(16)15-10/h2-4,7-9H,5-6H2,1H3,(H,14,17)(H,18,19). The number of fused-ring (bicyclic) bond motifs is 1. The normalized spacial score (nSPS) is 12.3. The van der Waals surface area contributed by atoms with Crippen LogP contribution in [0, 0.1) is 5.92 Å². The van der Waals surface area contributed by atoms with Crippen molar-refractivity contribution < 1.29 is 14.7 Å². The zero-order chi connectivity index (χ0) is 13.8. The number of nitrogens with zero attached hydrogens (tertiary/aromatic N) is 2. The van der Waals surface area contributed by atoms with Crippen molar-refractivity contribution in [3.63, 3.8) is 0 Å². The maximum absolute atomic E-state index is 11.8. The number of hydrogen-bond donors (Lipinski definition) is 2. The van der Waals surface area contributed by atoms with Gasteiger partial charge in [0.2, 0.25) is 0 Å². The molecule has 0 aliphatic carbocycles. The molecule has 19 heavy (non-hydrogen) atoms. The van der Waals surface area contributed by atoms with Crippen LogP contribution in [0.5, 0.6) is 0 Å². The Balaban J connectivity index is 1.94. The Hall–Kier alpha value is -2.37. The van der Waals surface area contributed by atoms with Crippen molar-refractivity contribution in [2.75, 3.05) is 6.54 Å². The van der Waals surface area contributed by atoms with Crippen molar-refractivity contribution in [3.8, 4) is 0 Å². The minimum absolute atomic E-state index is 0.290. The number of imidazole rings is 1. The van der Waals surface area contributed by atoms with Crippen LogP contribution in [0.3, 0.4) is 0 Å². The molecule has 0 bridgehead atoms. The van der Waals surface area contributed by atoms with Gasteiger partial charge in [-0.25, -0.2) is 4.98 Å². The first-order valence-electron chi connectivity index (χ1n) is 6.02. The summed E-state index contributed by atoms with van der Waals surface area (Å²) in [6, 6.07) is 5.51. The first-order chi connectivity index (χ1) is 9.08. The van der Waals surface area contributed by atoms with Crippen molar-refractivity contribution in [1.29, 1.82) is 0 Å². The Morgan fingerprint density at radius 1 is 1.47 bits per heavy atom. The molecule has 0 saturated carbocycles. The SMILES string of the molecule is CC(CCNC(=O)c1cn2ccccc2n1)C(=O)O. The number of aliphatic carboxylic acids is 1. The average Bonchev–Trinajstić information content (AvgIpc) is 2.82. The Kier molecular flexibility index (Phi) is 3.79. The van der Waals surface area contributed by atoms with E-state index in [-0.39, 0.29) is 5.91 Å². The van der Waals surface area contributed by atoms with Crippen molar-refractivity contribution in [3.05, 3.63) is 36.3 Å². The van der Waals surface area contributed by atoms with E-state index in [9.17, 15) is 9.59 Å². The van der Waals surface area contributed by atoms with Crippen molar-refractivity contribution in [2.24, 2.45) is 5.92 Å². The molecule has 0 saturated heterocycles. The number of hydrogen-bond acceptors (Lipinski definition) is 3. The highest BCUT2D eigenvalue weighted by Crippen LogP contribution is 2.05. The summed E-state index contributed by atoms with van der Waals surface area (Å²) >= 11 is 0. The zero-order valence-corrected chi connectivity index (χ0v) is 10.5. The Labute approximate surface area is 110 Å². The lowest BCUT2D eigenvalue weighted by Gasteiger charge is -2.06. The van der Waals surface area contributed by atoms with Gasteiger partial charge in [-0.1, -0.05) is 13.0 Å². The van der Waals surface area contributed by atoms with E-state index in [0.717, 1.165) is 0 Å². The quantitative estimate of drug-likeness (QED) is 0.846. The topological polar surface area (TPSA) is 83.7 Å². The number of carboxylic acid groups (broad SMARTS) is 1. The summed E-state index contributed by atoms with van der Waals surface area (Å²) in [7, 11) is 0. The highest BCUT2D eigenvalue weighted by Gasteiger charge is 2.13. The molecule has 2 rings (SSSR count). The predicted octanol–water partition coefficient (Wildman–Crippen LogP) is 1.17. The van der Waals surface area contributed by atoms with Gasteiger partial charge in [-0.3, -0.25) is 9.59 Å². The van der Waals surface area contributed by atoms with E-state index in [4.69, 9.17) is 5.11 Å². The van der Waals surface area contributed by atoms with Gasteiger partial charge in [-0.2, -0.15) is 0 Å². The molecule has 1 atom stereocenters. The van der Waals surface area contributed by atoms with Crippen molar-refractivity contribution in [1.82, 2.24) is 14.7 Å². The van der Waals surface area contributed by atoms with Gasteiger partial charge in [0.05, 0.1) is 5.92 Å². The van der Waals surface area contributed by atoms with Crippen LogP contribution in [-0.4, -0.2) is 32.9 Å². The average molecular weight is 261 g/mol. The van der Waals surface area contributed by atoms with Gasteiger partial charge in [-0.05, 0) is 18.6 Å². The molecule has 0 aromatic carbocycles. The minimum atomic E-state index is -0.859. The van der Waals surface area contributed by atoms with Gasteiger partial charge in [-0.15, -0.1) is 0 Å². The first kappa shape index (κ1) is 13.1. The number of aromatic nitrogens is 2. The molecule has 6 heteroatoms. The summed E-state index contributed by atoms with van der Waals surface area (Å²) in [4.78, 5) is 26.6. The smallest absolute Gasteiger partial charge is 0.306 e. The molecule has 6 nitrogen and oxygen atoms in total. The molecule has 2 heterocycles. The summed E-state index contributed by atoms with van der Waals surface area (Å²) in [6.07, 6.45) is 3.85. The van der Waals surface area contributed by atoms with Crippen LogP contribution in [0.25, 0.3) is 5.65 Å². The van der Waals surface area contributed by atoms with E-state index in [2.05, 4.69) is 10.3 Å². The zero-order valence-electron chi connectivity index (χ0n) is 10.5. The molecule has 0 spiro atoms. The molecule has 100 valence electrons. The fraction of sp³-hybridized carbons (Fsp3) is 0.308. The maximum atomic E-state index is 11.8. The van der Waals surface area contributed by atoms with E-state index in [1.165, 1.54) is 0 Å². The van der Waals surface area contributed by atoms with E-state index in [0.29, 0.717) is 24.3 Å². The molecular formula is C13H15N3O3.